The van der Waals surface area contributed by atoms with Gasteiger partial charge in [0, 0.05) is 6.20 Å². The van der Waals surface area contributed by atoms with Crippen molar-refractivity contribution in [2.45, 2.75) is 0 Å². The highest BCUT2D eigenvalue weighted by Crippen LogP contribution is 2.18. The van der Waals surface area contributed by atoms with Gasteiger partial charge in [-0.25, -0.2) is 0 Å². The Bertz CT molecular complexity index is 290. The van der Waals surface area contributed by atoms with Gasteiger partial charge in [-0.3, -0.25) is 9.78 Å². The molecule has 3 N–H and O–H groups in total. The Morgan fingerprint density at radius 2 is 2.50 bits per heavy atom. The van der Waals surface area contributed by atoms with Crippen molar-refractivity contribution in [3.63, 3.8) is 0 Å². The summed E-state index contributed by atoms with van der Waals surface area (Å²) in [5.41, 5.74) is 5.58. The molecule has 0 radical (unpaired) electrons. The highest BCUT2D eigenvalue weighted by molar-refractivity contribution is 6.33. The topological polar surface area (TPSA) is 68.0 Å². The number of aromatic nitrogens is 1. The van der Waals surface area contributed by atoms with Gasteiger partial charge < -0.3 is 11.1 Å². The first kappa shape index (κ1) is 8.96. The number of nitrogens with two attached hydrogens (primary N) is 1. The number of nitrogens with zero attached hydrogens (tertiary/aromatic N) is 1. The predicted octanol–water partition coefficient (Wildman–Crippen LogP) is 0.632. The Kier molecular flexibility index (Phi) is 3.01. The molecular weight excluding hydrogens is 178 g/mol. The maximum atomic E-state index is 10.8. The zero-order valence-electron chi connectivity index (χ0n) is 6.25. The van der Waals surface area contributed by atoms with Gasteiger partial charge in [-0.05, 0) is 6.07 Å². The zero-order valence-corrected chi connectivity index (χ0v) is 7.01. The quantitative estimate of drug-likeness (QED) is 0.710. The number of halogens is 1. The van der Waals surface area contributed by atoms with Gasteiger partial charge in [0.1, 0.15) is 0 Å². The van der Waals surface area contributed by atoms with Crippen LogP contribution in [0, 0.1) is 0 Å². The summed E-state index contributed by atoms with van der Waals surface area (Å²) in [6.07, 6.45) is 3.01. The lowest BCUT2D eigenvalue weighted by Gasteiger charge is -2.03. The van der Waals surface area contributed by atoms with Crippen LogP contribution < -0.4 is 11.1 Å². The molecule has 0 aliphatic carbocycles. The van der Waals surface area contributed by atoms with Gasteiger partial charge in [-0.1, -0.05) is 11.6 Å². The highest BCUT2D eigenvalue weighted by Gasteiger charge is 2.02. The van der Waals surface area contributed by atoms with Crippen molar-refractivity contribution in [2.75, 3.05) is 11.9 Å². The van der Waals surface area contributed by atoms with Crippen LogP contribution in [0.1, 0.15) is 0 Å². The van der Waals surface area contributed by atoms with Crippen molar-refractivity contribution in [2.24, 2.45) is 5.73 Å². The number of anilines is 1. The summed E-state index contributed by atoms with van der Waals surface area (Å²) in [7, 11) is 0. The van der Waals surface area contributed by atoms with Crippen LogP contribution in [0.2, 0.25) is 5.02 Å². The highest BCUT2D eigenvalue weighted by atomic mass is 35.5. The molecule has 1 rings (SSSR count). The summed E-state index contributed by atoms with van der Waals surface area (Å²) in [5.74, 6) is -0.287. The summed E-state index contributed by atoms with van der Waals surface area (Å²) >= 11 is 5.73. The summed E-state index contributed by atoms with van der Waals surface area (Å²) in [6.45, 7) is -0.0643. The molecule has 1 amide bonds. The standard InChI is InChI=1S/C7H8ClN3O/c8-5-1-2-10-4-6(5)11-7(12)3-9/h1-2,4H,3,9H2,(H,11,12). The van der Waals surface area contributed by atoms with Gasteiger partial charge >= 0.3 is 0 Å². The molecule has 0 saturated carbocycles. The number of amides is 1. The van der Waals surface area contributed by atoms with E-state index >= 15 is 0 Å². The van der Waals surface area contributed by atoms with Gasteiger partial charge in [0.05, 0.1) is 23.5 Å². The van der Waals surface area contributed by atoms with E-state index in [4.69, 9.17) is 17.3 Å². The lowest BCUT2D eigenvalue weighted by atomic mass is 10.4. The van der Waals surface area contributed by atoms with Crippen LogP contribution in [0.25, 0.3) is 0 Å². The molecule has 0 unspecified atom stereocenters. The third-order valence-corrected chi connectivity index (χ3v) is 1.56. The smallest absolute Gasteiger partial charge is 0.238 e. The number of hydrogen-bond acceptors (Lipinski definition) is 3. The average Bonchev–Trinajstić information content (AvgIpc) is 2.09. The molecule has 0 saturated heterocycles. The fourth-order valence-corrected chi connectivity index (χ4v) is 0.823. The number of rotatable bonds is 2. The van der Waals surface area contributed by atoms with Crippen LogP contribution in [0.15, 0.2) is 18.5 Å². The van der Waals surface area contributed by atoms with Gasteiger partial charge in [0.2, 0.25) is 5.91 Å². The molecule has 1 aromatic heterocycles. The lowest BCUT2D eigenvalue weighted by molar-refractivity contribution is -0.114. The molecule has 0 atom stereocenters. The Hall–Kier alpha value is -1.13. The van der Waals surface area contributed by atoms with E-state index in [2.05, 4.69) is 10.3 Å². The second-order valence-corrected chi connectivity index (χ2v) is 2.52. The number of hydrogen-bond donors (Lipinski definition) is 2. The van der Waals surface area contributed by atoms with Crippen LogP contribution in [0.3, 0.4) is 0 Å². The van der Waals surface area contributed by atoms with Gasteiger partial charge in [0.25, 0.3) is 0 Å². The SMILES string of the molecule is NCC(=O)Nc1cnccc1Cl. The van der Waals surface area contributed by atoms with E-state index in [1.807, 2.05) is 0 Å². The van der Waals surface area contributed by atoms with Crippen molar-refractivity contribution in [1.29, 1.82) is 0 Å². The third-order valence-electron chi connectivity index (χ3n) is 1.23. The minimum atomic E-state index is -0.287. The monoisotopic (exact) mass is 185 g/mol. The molecule has 5 heteroatoms. The van der Waals surface area contributed by atoms with Crippen molar-refractivity contribution in [3.05, 3.63) is 23.5 Å². The van der Waals surface area contributed by atoms with E-state index in [0.717, 1.165) is 0 Å². The maximum Gasteiger partial charge on any atom is 0.238 e. The van der Waals surface area contributed by atoms with E-state index in [9.17, 15) is 4.79 Å². The Morgan fingerprint density at radius 1 is 1.75 bits per heavy atom. The predicted molar refractivity (Wildman–Crippen MR) is 46.9 cm³/mol. The molecule has 4 nitrogen and oxygen atoms in total. The van der Waals surface area contributed by atoms with Crippen LogP contribution in [-0.2, 0) is 4.79 Å². The van der Waals surface area contributed by atoms with Crippen molar-refractivity contribution < 1.29 is 4.79 Å². The molecule has 1 aromatic rings. The maximum absolute atomic E-state index is 10.8. The van der Waals surface area contributed by atoms with E-state index in [-0.39, 0.29) is 12.5 Å². The summed E-state index contributed by atoms with van der Waals surface area (Å²) in [5, 5.41) is 2.95. The molecule has 0 spiro atoms. The summed E-state index contributed by atoms with van der Waals surface area (Å²) in [6, 6.07) is 1.59. The van der Waals surface area contributed by atoms with E-state index in [1.165, 1.54) is 6.20 Å². The zero-order chi connectivity index (χ0) is 8.97. The molecule has 0 aliphatic rings. The number of pyridine rings is 1. The van der Waals surface area contributed by atoms with Crippen LogP contribution >= 0.6 is 11.6 Å². The second kappa shape index (κ2) is 4.04. The van der Waals surface area contributed by atoms with Crippen LogP contribution in [-0.4, -0.2) is 17.4 Å². The molecule has 0 bridgehead atoms. The Balaban J connectivity index is 2.75. The average molecular weight is 186 g/mol. The van der Waals surface area contributed by atoms with E-state index in [1.54, 1.807) is 12.3 Å². The van der Waals surface area contributed by atoms with E-state index < -0.39 is 0 Å². The van der Waals surface area contributed by atoms with Crippen LogP contribution in [0.4, 0.5) is 5.69 Å². The number of carbonyl (C=O) groups is 1. The molecule has 0 aromatic carbocycles. The Labute approximate surface area is 74.7 Å². The molecule has 64 valence electrons. The largest absolute Gasteiger partial charge is 0.322 e. The summed E-state index contributed by atoms with van der Waals surface area (Å²) in [4.78, 5) is 14.6. The lowest BCUT2D eigenvalue weighted by Crippen LogP contribution is -2.22. The van der Waals surface area contributed by atoms with E-state index in [0.29, 0.717) is 10.7 Å². The van der Waals surface area contributed by atoms with Crippen molar-refractivity contribution in [1.82, 2.24) is 4.98 Å². The second-order valence-electron chi connectivity index (χ2n) is 2.11. The molecule has 12 heavy (non-hydrogen) atoms. The minimum Gasteiger partial charge on any atom is -0.322 e. The first-order valence-electron chi connectivity index (χ1n) is 3.33. The third kappa shape index (κ3) is 2.18. The first-order valence-corrected chi connectivity index (χ1v) is 3.71. The molecule has 1 heterocycles. The molecule has 0 fully saturated rings. The van der Waals surface area contributed by atoms with Gasteiger partial charge in [0.15, 0.2) is 0 Å². The van der Waals surface area contributed by atoms with Gasteiger partial charge in [-0.15, -0.1) is 0 Å². The molecular formula is C7H8ClN3O. The normalized spacial score (nSPS) is 9.50. The Morgan fingerprint density at radius 3 is 3.08 bits per heavy atom. The number of nitrogens with one attached hydrogen (secondary N) is 1. The number of carbonyl (C=O) groups excluding carboxylic acids is 1. The first-order chi connectivity index (χ1) is 5.74. The molecule has 0 aliphatic heterocycles. The van der Waals surface area contributed by atoms with Crippen LogP contribution in [0.5, 0.6) is 0 Å². The van der Waals surface area contributed by atoms with Crippen molar-refractivity contribution in [3.8, 4) is 0 Å². The fourth-order valence-electron chi connectivity index (χ4n) is 0.671. The minimum absolute atomic E-state index is 0.0643. The fraction of sp³-hybridized carbons (Fsp3) is 0.143. The summed E-state index contributed by atoms with van der Waals surface area (Å²) < 4.78 is 0. The van der Waals surface area contributed by atoms with Gasteiger partial charge in [-0.2, -0.15) is 0 Å². The van der Waals surface area contributed by atoms with Crippen molar-refractivity contribution >= 4 is 23.2 Å².